The summed E-state index contributed by atoms with van der Waals surface area (Å²) in [4.78, 5) is 4.37. The molecular formula is C21H14F6IrN-. The fourth-order valence-electron chi connectivity index (χ4n) is 2.97. The second-order valence-electron chi connectivity index (χ2n) is 6.26. The van der Waals surface area contributed by atoms with E-state index in [1.807, 2.05) is 0 Å². The molecule has 8 heteroatoms. The van der Waals surface area contributed by atoms with E-state index in [1.165, 1.54) is 6.07 Å². The van der Waals surface area contributed by atoms with E-state index in [0.717, 1.165) is 11.5 Å². The summed E-state index contributed by atoms with van der Waals surface area (Å²) in [6.07, 6.45) is -11.4. The molecule has 0 aliphatic carbocycles. The van der Waals surface area contributed by atoms with Crippen LogP contribution in [0, 0.1) is 13.0 Å². The second-order valence-corrected chi connectivity index (χ2v) is 6.26. The Bertz CT molecular complexity index is 995. The number of benzene rings is 2. The molecule has 0 aliphatic rings. The van der Waals surface area contributed by atoms with Gasteiger partial charge in [-0.15, -0.1) is 29.3 Å². The molecule has 1 aromatic heterocycles. The SMILES string of the molecule is [CH]Cc1cc2ccccc2c(-c2[c-]c(CCC(F)(F)F)c(C(F)(F)F)cc2)n1.[Ir]. The van der Waals surface area contributed by atoms with Crippen molar-refractivity contribution in [2.45, 2.75) is 31.6 Å². The first kappa shape index (κ1) is 23.4. The molecule has 0 saturated heterocycles. The van der Waals surface area contributed by atoms with Gasteiger partial charge >= 0.3 is 12.4 Å². The fourth-order valence-corrected chi connectivity index (χ4v) is 2.97. The molecule has 0 saturated carbocycles. The number of pyridine rings is 1. The van der Waals surface area contributed by atoms with E-state index in [9.17, 15) is 26.3 Å². The molecule has 155 valence electrons. The predicted molar refractivity (Wildman–Crippen MR) is 93.4 cm³/mol. The number of hydrogen-bond donors (Lipinski definition) is 0. The molecule has 0 spiro atoms. The van der Waals surface area contributed by atoms with Crippen LogP contribution in [0.2, 0.25) is 0 Å². The molecule has 3 aromatic rings. The number of nitrogens with zero attached hydrogens (tertiary/aromatic N) is 1. The molecule has 2 aromatic carbocycles. The van der Waals surface area contributed by atoms with Crippen LogP contribution >= 0.6 is 0 Å². The van der Waals surface area contributed by atoms with Gasteiger partial charge in [0, 0.05) is 32.2 Å². The first-order valence-electron chi connectivity index (χ1n) is 8.37. The zero-order valence-electron chi connectivity index (χ0n) is 14.8. The van der Waals surface area contributed by atoms with E-state index >= 15 is 0 Å². The Morgan fingerprint density at radius 3 is 2.28 bits per heavy atom. The maximum Gasteiger partial charge on any atom is 0.389 e. The standard InChI is InChI=1S/C21H14F6N.Ir/c1-2-16-12-13-5-3-4-6-17(13)19(28-16)15-7-8-18(21(25,26)27)14(11-15)9-10-20(22,23)24;/h1,3-8,12H,2,9-10H2;/q-1;. The number of hydrogen-bond acceptors (Lipinski definition) is 1. The van der Waals surface area contributed by atoms with Crippen molar-refractivity contribution in [3.8, 4) is 11.3 Å². The molecule has 0 bridgehead atoms. The Morgan fingerprint density at radius 1 is 0.966 bits per heavy atom. The van der Waals surface area contributed by atoms with Gasteiger partial charge in [-0.05, 0) is 47.9 Å². The summed E-state index contributed by atoms with van der Waals surface area (Å²) in [5.74, 6) is 0. The van der Waals surface area contributed by atoms with E-state index in [1.54, 1.807) is 30.3 Å². The van der Waals surface area contributed by atoms with E-state index in [0.29, 0.717) is 16.8 Å². The third kappa shape index (κ3) is 5.58. The van der Waals surface area contributed by atoms with Crippen molar-refractivity contribution in [3.63, 3.8) is 0 Å². The smallest absolute Gasteiger partial charge is 0.301 e. The van der Waals surface area contributed by atoms with Gasteiger partial charge in [-0.3, -0.25) is 0 Å². The zero-order valence-corrected chi connectivity index (χ0v) is 17.2. The molecule has 0 atom stereocenters. The number of halogens is 6. The van der Waals surface area contributed by atoms with Crippen LogP contribution in [0.5, 0.6) is 0 Å². The fraction of sp³-hybridized carbons (Fsp3) is 0.238. The minimum atomic E-state index is -4.77. The topological polar surface area (TPSA) is 12.9 Å². The maximum absolute atomic E-state index is 13.2. The van der Waals surface area contributed by atoms with Crippen LogP contribution in [0.25, 0.3) is 22.0 Å². The first-order chi connectivity index (χ1) is 13.1. The number of aromatic nitrogens is 1. The number of alkyl halides is 6. The Kier molecular flexibility index (Phi) is 7.12. The first-order valence-corrected chi connectivity index (χ1v) is 8.37. The van der Waals surface area contributed by atoms with Gasteiger partial charge in [0.2, 0.25) is 0 Å². The third-order valence-electron chi connectivity index (χ3n) is 4.25. The zero-order chi connectivity index (χ0) is 20.5. The Labute approximate surface area is 177 Å². The Morgan fingerprint density at radius 2 is 1.66 bits per heavy atom. The summed E-state index contributed by atoms with van der Waals surface area (Å²) >= 11 is 0. The van der Waals surface area contributed by atoms with Crippen molar-refractivity contribution in [1.29, 1.82) is 0 Å². The quantitative estimate of drug-likeness (QED) is 0.253. The molecule has 0 unspecified atom stereocenters. The van der Waals surface area contributed by atoms with Crippen molar-refractivity contribution in [1.82, 2.24) is 4.98 Å². The molecule has 3 radical (unpaired) electrons. The number of aryl methyl sites for hydroxylation is 1. The van der Waals surface area contributed by atoms with E-state index < -0.39 is 36.3 Å². The average Bonchev–Trinajstić information content (AvgIpc) is 2.63. The van der Waals surface area contributed by atoms with Gasteiger partial charge in [-0.1, -0.05) is 24.3 Å². The van der Waals surface area contributed by atoms with E-state index in [-0.39, 0.29) is 32.1 Å². The van der Waals surface area contributed by atoms with Crippen LogP contribution in [-0.4, -0.2) is 11.2 Å². The Hall–Kier alpha value is -1.92. The average molecular weight is 587 g/mol. The van der Waals surface area contributed by atoms with Crippen molar-refractivity contribution in [2.24, 2.45) is 0 Å². The minimum Gasteiger partial charge on any atom is -0.301 e. The van der Waals surface area contributed by atoms with Crippen LogP contribution in [-0.2, 0) is 39.1 Å². The molecule has 0 amide bonds. The summed E-state index contributed by atoms with van der Waals surface area (Å²) in [5, 5.41) is 1.43. The van der Waals surface area contributed by atoms with E-state index in [4.69, 9.17) is 6.92 Å². The van der Waals surface area contributed by atoms with Gasteiger partial charge in [0.05, 0.1) is 0 Å². The van der Waals surface area contributed by atoms with Gasteiger partial charge in [0.1, 0.15) is 0 Å². The van der Waals surface area contributed by atoms with Crippen LogP contribution in [0.4, 0.5) is 26.3 Å². The summed E-state index contributed by atoms with van der Waals surface area (Å²) < 4.78 is 77.5. The molecule has 29 heavy (non-hydrogen) atoms. The molecule has 1 nitrogen and oxygen atoms in total. The molecule has 3 rings (SSSR count). The number of rotatable bonds is 4. The minimum absolute atomic E-state index is 0. The Balaban J connectivity index is 0.00000300. The van der Waals surface area contributed by atoms with Gasteiger partial charge < -0.3 is 4.98 Å². The van der Waals surface area contributed by atoms with Crippen molar-refractivity contribution < 1.29 is 46.4 Å². The van der Waals surface area contributed by atoms with Gasteiger partial charge in [0.25, 0.3) is 0 Å². The van der Waals surface area contributed by atoms with E-state index in [2.05, 4.69) is 11.1 Å². The van der Waals surface area contributed by atoms with Crippen molar-refractivity contribution >= 4 is 10.8 Å². The molecular weight excluding hydrogens is 572 g/mol. The van der Waals surface area contributed by atoms with Crippen molar-refractivity contribution in [2.75, 3.05) is 0 Å². The van der Waals surface area contributed by atoms with Crippen molar-refractivity contribution in [3.05, 3.63) is 72.3 Å². The van der Waals surface area contributed by atoms with Gasteiger partial charge in [0.15, 0.2) is 0 Å². The maximum atomic E-state index is 13.2. The molecule has 1 heterocycles. The predicted octanol–water partition coefficient (Wildman–Crippen LogP) is 6.47. The van der Waals surface area contributed by atoms with Gasteiger partial charge in [-0.25, -0.2) is 0 Å². The van der Waals surface area contributed by atoms with Crippen LogP contribution in [0.15, 0.2) is 42.5 Å². The molecule has 0 fully saturated rings. The summed E-state index contributed by atoms with van der Waals surface area (Å²) in [5.41, 5.74) is -0.623. The van der Waals surface area contributed by atoms with Crippen LogP contribution in [0.3, 0.4) is 0 Å². The summed E-state index contributed by atoms with van der Waals surface area (Å²) in [6.45, 7) is 5.65. The monoisotopic (exact) mass is 587 g/mol. The third-order valence-corrected chi connectivity index (χ3v) is 4.25. The summed E-state index contributed by atoms with van der Waals surface area (Å²) in [6, 6.07) is 13.3. The number of fused-ring (bicyclic) bond motifs is 1. The summed E-state index contributed by atoms with van der Waals surface area (Å²) in [7, 11) is 0. The van der Waals surface area contributed by atoms with Crippen LogP contribution < -0.4 is 0 Å². The largest absolute Gasteiger partial charge is 0.389 e. The molecule has 0 N–H and O–H groups in total. The van der Waals surface area contributed by atoms with Crippen LogP contribution in [0.1, 0.15) is 23.2 Å². The second kappa shape index (κ2) is 8.84. The van der Waals surface area contributed by atoms with Gasteiger partial charge in [-0.2, -0.15) is 26.3 Å². The molecule has 0 aliphatic heterocycles. The normalized spacial score (nSPS) is 12.1.